The zero-order valence-electron chi connectivity index (χ0n) is 16.3. The zero-order chi connectivity index (χ0) is 20.5. The van der Waals surface area contributed by atoms with E-state index in [1.165, 1.54) is 6.20 Å². The molecule has 29 heavy (non-hydrogen) atoms. The molecule has 0 spiro atoms. The van der Waals surface area contributed by atoms with Crippen LogP contribution >= 0.6 is 0 Å². The number of aromatic nitrogens is 2. The number of nitrogens with zero attached hydrogens (tertiary/aromatic N) is 3. The van der Waals surface area contributed by atoms with Crippen LogP contribution in [0.15, 0.2) is 55.0 Å². The summed E-state index contributed by atoms with van der Waals surface area (Å²) in [4.78, 5) is 26.2. The maximum Gasteiger partial charge on any atom is 0.339 e. The van der Waals surface area contributed by atoms with E-state index in [4.69, 9.17) is 4.74 Å². The van der Waals surface area contributed by atoms with E-state index in [2.05, 4.69) is 9.55 Å². The van der Waals surface area contributed by atoms with Gasteiger partial charge in [0.15, 0.2) is 0 Å². The summed E-state index contributed by atoms with van der Waals surface area (Å²) in [6.07, 6.45) is 11.5. The van der Waals surface area contributed by atoms with Crippen LogP contribution in [0, 0.1) is 10.1 Å². The highest BCUT2D eigenvalue weighted by Gasteiger charge is 2.08. The van der Waals surface area contributed by atoms with Crippen LogP contribution in [-0.2, 0) is 11.3 Å². The van der Waals surface area contributed by atoms with Gasteiger partial charge in [-0.2, -0.15) is 0 Å². The van der Waals surface area contributed by atoms with Crippen LogP contribution in [0.3, 0.4) is 0 Å². The molecular weight excluding hydrogens is 370 g/mol. The van der Waals surface area contributed by atoms with E-state index in [0.29, 0.717) is 12.2 Å². The molecule has 152 valence electrons. The van der Waals surface area contributed by atoms with Crippen LogP contribution in [0.25, 0.3) is 10.9 Å². The predicted molar refractivity (Wildman–Crippen MR) is 111 cm³/mol. The SMILES string of the molecule is O=C(OCCCCCCCCn1ccc2cc([N+](=O)[O-])ccc21)c1cccnc1. The van der Waals surface area contributed by atoms with Crippen molar-refractivity contribution in [3.05, 3.63) is 70.7 Å². The Balaban J connectivity index is 1.27. The van der Waals surface area contributed by atoms with Gasteiger partial charge in [-0.25, -0.2) is 4.79 Å². The molecule has 0 unspecified atom stereocenters. The minimum absolute atomic E-state index is 0.126. The zero-order valence-corrected chi connectivity index (χ0v) is 16.3. The van der Waals surface area contributed by atoms with E-state index in [-0.39, 0.29) is 16.6 Å². The highest BCUT2D eigenvalue weighted by Crippen LogP contribution is 2.22. The van der Waals surface area contributed by atoms with Gasteiger partial charge in [0.05, 0.1) is 17.1 Å². The second-order valence-corrected chi connectivity index (χ2v) is 7.01. The predicted octanol–water partition coefficient (Wildman–Crippen LogP) is 5.14. The first kappa shape index (κ1) is 20.5. The molecular formula is C22H25N3O4. The molecule has 3 rings (SSSR count). The first-order valence-corrected chi connectivity index (χ1v) is 9.95. The second-order valence-electron chi connectivity index (χ2n) is 7.01. The smallest absolute Gasteiger partial charge is 0.339 e. The third-order valence-electron chi connectivity index (χ3n) is 4.89. The maximum atomic E-state index is 11.8. The van der Waals surface area contributed by atoms with E-state index < -0.39 is 0 Å². The van der Waals surface area contributed by atoms with Crippen molar-refractivity contribution in [2.45, 2.75) is 45.1 Å². The Kier molecular flexibility index (Phi) is 7.33. The molecule has 3 aromatic rings. The monoisotopic (exact) mass is 395 g/mol. The van der Waals surface area contributed by atoms with Gasteiger partial charge in [-0.3, -0.25) is 15.1 Å². The van der Waals surface area contributed by atoms with Crippen molar-refractivity contribution in [3.63, 3.8) is 0 Å². The summed E-state index contributed by atoms with van der Waals surface area (Å²) in [7, 11) is 0. The Morgan fingerprint density at radius 3 is 2.62 bits per heavy atom. The number of hydrogen-bond donors (Lipinski definition) is 0. The number of carbonyl (C=O) groups is 1. The minimum Gasteiger partial charge on any atom is -0.462 e. The molecule has 0 N–H and O–H groups in total. The third-order valence-corrected chi connectivity index (χ3v) is 4.89. The molecule has 0 aliphatic rings. The molecule has 0 saturated heterocycles. The van der Waals surface area contributed by atoms with Crippen molar-refractivity contribution in [1.29, 1.82) is 0 Å². The number of nitro benzene ring substituents is 1. The fourth-order valence-electron chi connectivity index (χ4n) is 3.32. The van der Waals surface area contributed by atoms with Gasteiger partial charge in [0.1, 0.15) is 0 Å². The first-order chi connectivity index (χ1) is 14.1. The first-order valence-electron chi connectivity index (χ1n) is 9.95. The number of aryl methyl sites for hydroxylation is 1. The van der Waals surface area contributed by atoms with E-state index in [0.717, 1.165) is 56.0 Å². The number of non-ortho nitro benzene ring substituents is 1. The summed E-state index contributed by atoms with van der Waals surface area (Å²) >= 11 is 0. The number of pyridine rings is 1. The van der Waals surface area contributed by atoms with Crippen molar-refractivity contribution in [2.24, 2.45) is 0 Å². The number of hydrogen-bond acceptors (Lipinski definition) is 5. The van der Waals surface area contributed by atoms with Crippen LogP contribution in [-0.4, -0.2) is 27.1 Å². The molecule has 0 aliphatic carbocycles. The number of nitro groups is 1. The van der Waals surface area contributed by atoms with Crippen LogP contribution in [0.2, 0.25) is 0 Å². The highest BCUT2D eigenvalue weighted by atomic mass is 16.6. The highest BCUT2D eigenvalue weighted by molar-refractivity contribution is 5.88. The number of fused-ring (bicyclic) bond motifs is 1. The normalized spacial score (nSPS) is 10.9. The fourth-order valence-corrected chi connectivity index (χ4v) is 3.32. The molecule has 7 nitrogen and oxygen atoms in total. The van der Waals surface area contributed by atoms with Gasteiger partial charge in [0.2, 0.25) is 0 Å². The van der Waals surface area contributed by atoms with Gasteiger partial charge in [-0.1, -0.05) is 25.7 Å². The summed E-state index contributed by atoms with van der Waals surface area (Å²) in [6.45, 7) is 1.35. The Labute approximate surface area is 169 Å². The summed E-state index contributed by atoms with van der Waals surface area (Å²) in [5.74, 6) is -0.317. The Morgan fingerprint density at radius 1 is 1.07 bits per heavy atom. The largest absolute Gasteiger partial charge is 0.462 e. The molecule has 0 amide bonds. The molecule has 0 bridgehead atoms. The van der Waals surface area contributed by atoms with E-state index in [9.17, 15) is 14.9 Å². The molecule has 1 aromatic carbocycles. The van der Waals surface area contributed by atoms with E-state index in [1.54, 1.807) is 30.5 Å². The molecule has 0 atom stereocenters. The topological polar surface area (TPSA) is 87.3 Å². The summed E-state index contributed by atoms with van der Waals surface area (Å²) in [5.41, 5.74) is 1.65. The van der Waals surface area contributed by atoms with Gasteiger partial charge in [-0.05, 0) is 37.1 Å². The molecule has 7 heteroatoms. The number of rotatable bonds is 11. The fraction of sp³-hybridized carbons (Fsp3) is 0.364. The average molecular weight is 395 g/mol. The standard InChI is InChI=1S/C22H25N3O4/c26-22(19-8-7-12-23-17-19)29-15-6-4-2-1-3-5-13-24-14-11-18-16-20(25(27)28)9-10-21(18)24/h7-12,14,16-17H,1-6,13,15H2. The van der Waals surface area contributed by atoms with Crippen molar-refractivity contribution in [2.75, 3.05) is 6.61 Å². The number of benzene rings is 1. The molecule has 2 aromatic heterocycles. The summed E-state index contributed by atoms with van der Waals surface area (Å²) < 4.78 is 7.39. The molecule has 0 fully saturated rings. The van der Waals surface area contributed by atoms with Crippen LogP contribution < -0.4 is 0 Å². The van der Waals surface area contributed by atoms with Gasteiger partial charge in [0.25, 0.3) is 5.69 Å². The quantitative estimate of drug-likeness (QED) is 0.194. The van der Waals surface area contributed by atoms with Crippen LogP contribution in [0.4, 0.5) is 5.69 Å². The molecule has 2 heterocycles. The number of esters is 1. The van der Waals surface area contributed by atoms with Crippen molar-refractivity contribution in [3.8, 4) is 0 Å². The van der Waals surface area contributed by atoms with Gasteiger partial charge in [-0.15, -0.1) is 0 Å². The average Bonchev–Trinajstić information content (AvgIpc) is 3.15. The van der Waals surface area contributed by atoms with Gasteiger partial charge < -0.3 is 9.30 Å². The molecule has 0 saturated carbocycles. The van der Waals surface area contributed by atoms with E-state index >= 15 is 0 Å². The van der Waals surface area contributed by atoms with Crippen molar-refractivity contribution < 1.29 is 14.5 Å². The lowest BCUT2D eigenvalue weighted by Crippen LogP contribution is -2.06. The summed E-state index contributed by atoms with van der Waals surface area (Å²) in [6, 6.07) is 10.3. The molecule has 0 aliphatic heterocycles. The second kappa shape index (κ2) is 10.4. The van der Waals surface area contributed by atoms with Crippen LogP contribution in [0.5, 0.6) is 0 Å². The van der Waals surface area contributed by atoms with Crippen molar-refractivity contribution >= 4 is 22.6 Å². The van der Waals surface area contributed by atoms with E-state index in [1.807, 2.05) is 18.3 Å². The maximum absolute atomic E-state index is 11.8. The van der Waals surface area contributed by atoms with Crippen LogP contribution in [0.1, 0.15) is 48.9 Å². The number of unbranched alkanes of at least 4 members (excludes halogenated alkanes) is 5. The minimum atomic E-state index is -0.364. The molecule has 0 radical (unpaired) electrons. The lowest BCUT2D eigenvalue weighted by atomic mass is 10.1. The summed E-state index contributed by atoms with van der Waals surface area (Å²) in [5, 5.41) is 11.8. The Bertz CT molecular complexity index is 953. The Hall–Kier alpha value is -3.22. The Morgan fingerprint density at radius 2 is 1.86 bits per heavy atom. The number of ether oxygens (including phenoxy) is 1. The van der Waals surface area contributed by atoms with Gasteiger partial charge >= 0.3 is 5.97 Å². The lowest BCUT2D eigenvalue weighted by Gasteiger charge is -2.06. The lowest BCUT2D eigenvalue weighted by molar-refractivity contribution is -0.384. The van der Waals surface area contributed by atoms with Crippen molar-refractivity contribution in [1.82, 2.24) is 9.55 Å². The van der Waals surface area contributed by atoms with Gasteiger partial charge in [0, 0.05) is 48.2 Å². The number of carbonyl (C=O) groups excluding carboxylic acids is 1. The third kappa shape index (κ3) is 5.88.